The third kappa shape index (κ3) is 3.39. The topological polar surface area (TPSA) is 20.3 Å². The molecular weight excluding hydrogens is 231 g/mol. The summed E-state index contributed by atoms with van der Waals surface area (Å²) < 4.78 is 38.4. The lowest BCUT2D eigenvalue weighted by Crippen LogP contribution is -2.43. The van der Waals surface area contributed by atoms with Crippen LogP contribution in [-0.2, 0) is 4.79 Å². The minimum atomic E-state index is -4.29. The molecule has 1 rings (SSSR count). The van der Waals surface area contributed by atoms with E-state index in [-0.39, 0.29) is 13.0 Å². The summed E-state index contributed by atoms with van der Waals surface area (Å²) in [7, 11) is 1.45. The minimum Gasteiger partial charge on any atom is -0.334 e. The maximum atomic E-state index is 12.8. The average Bonchev–Trinajstić information content (AvgIpc) is 2.27. The van der Waals surface area contributed by atoms with Crippen LogP contribution in [0, 0.1) is 24.2 Å². The van der Waals surface area contributed by atoms with Gasteiger partial charge < -0.3 is 4.90 Å². The fourth-order valence-electron chi connectivity index (χ4n) is 2.32. The average molecular weight is 247 g/mol. The first-order valence-electron chi connectivity index (χ1n) is 5.63. The molecule has 0 aliphatic heterocycles. The van der Waals surface area contributed by atoms with Gasteiger partial charge in [-0.15, -0.1) is 6.42 Å². The number of amides is 1. The van der Waals surface area contributed by atoms with Gasteiger partial charge in [-0.25, -0.2) is 0 Å². The first-order valence-corrected chi connectivity index (χ1v) is 5.63. The zero-order valence-corrected chi connectivity index (χ0v) is 9.76. The number of alkyl halides is 3. The molecule has 0 aromatic rings. The van der Waals surface area contributed by atoms with Gasteiger partial charge in [-0.05, 0) is 12.8 Å². The minimum absolute atomic E-state index is 0.0454. The molecule has 0 radical (unpaired) electrons. The molecule has 96 valence electrons. The van der Waals surface area contributed by atoms with Crippen LogP contribution in [0.5, 0.6) is 0 Å². The summed E-state index contributed by atoms with van der Waals surface area (Å²) in [5.41, 5.74) is 0. The van der Waals surface area contributed by atoms with Crippen LogP contribution in [0.15, 0.2) is 0 Å². The lowest BCUT2D eigenvalue weighted by Gasteiger charge is -2.34. The van der Waals surface area contributed by atoms with Crippen molar-refractivity contribution in [3.8, 4) is 12.3 Å². The molecule has 1 aliphatic carbocycles. The summed E-state index contributed by atoms with van der Waals surface area (Å²) in [5.74, 6) is -0.683. The van der Waals surface area contributed by atoms with Gasteiger partial charge in [-0.2, -0.15) is 13.2 Å². The number of hydrogen-bond acceptors (Lipinski definition) is 1. The Kier molecular flexibility index (Phi) is 4.44. The molecule has 1 amide bonds. The van der Waals surface area contributed by atoms with Gasteiger partial charge in [0.25, 0.3) is 0 Å². The van der Waals surface area contributed by atoms with E-state index in [0.29, 0.717) is 19.3 Å². The van der Waals surface area contributed by atoms with Crippen molar-refractivity contribution in [3.05, 3.63) is 0 Å². The highest BCUT2D eigenvalue weighted by Gasteiger charge is 2.48. The van der Waals surface area contributed by atoms with E-state index in [0.717, 1.165) is 0 Å². The molecule has 0 saturated heterocycles. The number of rotatable bonds is 2. The lowest BCUT2D eigenvalue weighted by atomic mass is 9.78. The second-order valence-corrected chi connectivity index (χ2v) is 4.44. The second kappa shape index (κ2) is 5.44. The van der Waals surface area contributed by atoms with Crippen LogP contribution in [0.1, 0.15) is 25.7 Å². The second-order valence-electron chi connectivity index (χ2n) is 4.44. The quantitative estimate of drug-likeness (QED) is 0.686. The zero-order valence-electron chi connectivity index (χ0n) is 9.76. The van der Waals surface area contributed by atoms with Crippen molar-refractivity contribution in [1.82, 2.24) is 4.90 Å². The predicted octanol–water partition coefficient (Wildman–Crippen LogP) is 2.45. The van der Waals surface area contributed by atoms with E-state index in [1.807, 2.05) is 0 Å². The number of carbonyl (C=O) groups is 1. The van der Waals surface area contributed by atoms with Gasteiger partial charge in [0.15, 0.2) is 0 Å². The van der Waals surface area contributed by atoms with Gasteiger partial charge in [-0.1, -0.05) is 18.8 Å². The van der Waals surface area contributed by atoms with Crippen LogP contribution >= 0.6 is 0 Å². The Morgan fingerprint density at radius 1 is 1.41 bits per heavy atom. The Morgan fingerprint density at radius 2 is 2.00 bits per heavy atom. The summed E-state index contributed by atoms with van der Waals surface area (Å²) in [4.78, 5) is 13.1. The smallest absolute Gasteiger partial charge is 0.334 e. The predicted molar refractivity (Wildman–Crippen MR) is 58.0 cm³/mol. The Morgan fingerprint density at radius 3 is 2.53 bits per heavy atom. The highest BCUT2D eigenvalue weighted by molar-refractivity contribution is 5.79. The van der Waals surface area contributed by atoms with Crippen LogP contribution < -0.4 is 0 Å². The number of halogens is 3. The molecule has 0 bridgehead atoms. The maximum Gasteiger partial charge on any atom is 0.392 e. The van der Waals surface area contributed by atoms with E-state index >= 15 is 0 Å². The van der Waals surface area contributed by atoms with Crippen molar-refractivity contribution in [2.45, 2.75) is 31.9 Å². The van der Waals surface area contributed by atoms with Gasteiger partial charge in [0.2, 0.25) is 5.91 Å². The van der Waals surface area contributed by atoms with Gasteiger partial charge in [0, 0.05) is 13.0 Å². The van der Waals surface area contributed by atoms with E-state index in [2.05, 4.69) is 5.92 Å². The summed E-state index contributed by atoms with van der Waals surface area (Å²) in [5, 5.41) is 0. The molecule has 0 N–H and O–H groups in total. The third-order valence-electron chi connectivity index (χ3n) is 3.21. The largest absolute Gasteiger partial charge is 0.392 e. The Labute approximate surface area is 99.2 Å². The van der Waals surface area contributed by atoms with Crippen LogP contribution in [0.25, 0.3) is 0 Å². The molecule has 2 atom stereocenters. The number of terminal acetylenes is 1. The first kappa shape index (κ1) is 13.9. The molecule has 17 heavy (non-hydrogen) atoms. The monoisotopic (exact) mass is 247 g/mol. The molecule has 2 unspecified atom stereocenters. The summed E-state index contributed by atoms with van der Waals surface area (Å²) in [6.07, 6.45) is 2.31. The molecule has 1 fully saturated rings. The van der Waals surface area contributed by atoms with E-state index < -0.39 is 23.9 Å². The van der Waals surface area contributed by atoms with Crippen molar-refractivity contribution >= 4 is 5.91 Å². The lowest BCUT2D eigenvalue weighted by molar-refractivity contribution is -0.200. The van der Waals surface area contributed by atoms with Crippen LogP contribution in [0.4, 0.5) is 13.2 Å². The zero-order chi connectivity index (χ0) is 13.1. The Balaban J connectivity index is 2.78. The third-order valence-corrected chi connectivity index (χ3v) is 3.21. The van der Waals surface area contributed by atoms with Crippen LogP contribution in [-0.4, -0.2) is 30.6 Å². The number of nitrogens with zero attached hydrogens (tertiary/aromatic N) is 1. The van der Waals surface area contributed by atoms with Crippen molar-refractivity contribution in [3.63, 3.8) is 0 Å². The Bertz CT molecular complexity index is 319. The summed E-state index contributed by atoms with van der Waals surface area (Å²) in [6.45, 7) is 0.0555. The molecule has 0 spiro atoms. The molecule has 5 heteroatoms. The van der Waals surface area contributed by atoms with Crippen LogP contribution in [0.2, 0.25) is 0 Å². The van der Waals surface area contributed by atoms with Crippen molar-refractivity contribution < 1.29 is 18.0 Å². The maximum absolute atomic E-state index is 12.8. The Hall–Kier alpha value is -1.18. The summed E-state index contributed by atoms with van der Waals surface area (Å²) in [6, 6.07) is 0. The van der Waals surface area contributed by atoms with Crippen molar-refractivity contribution in [2.75, 3.05) is 13.6 Å². The molecule has 0 aromatic carbocycles. The molecule has 1 saturated carbocycles. The first-order chi connectivity index (χ1) is 7.88. The highest BCUT2D eigenvalue weighted by Crippen LogP contribution is 2.42. The molecule has 1 aliphatic rings. The fourth-order valence-corrected chi connectivity index (χ4v) is 2.32. The fraction of sp³-hybridized carbons (Fsp3) is 0.750. The summed E-state index contributed by atoms with van der Waals surface area (Å²) >= 11 is 0. The van der Waals surface area contributed by atoms with E-state index in [1.165, 1.54) is 11.9 Å². The van der Waals surface area contributed by atoms with Gasteiger partial charge in [0.05, 0.1) is 12.5 Å². The van der Waals surface area contributed by atoms with E-state index in [9.17, 15) is 18.0 Å². The molecule has 0 aromatic heterocycles. The van der Waals surface area contributed by atoms with Gasteiger partial charge in [0.1, 0.15) is 0 Å². The van der Waals surface area contributed by atoms with Crippen LogP contribution in [0.3, 0.4) is 0 Å². The highest BCUT2D eigenvalue weighted by atomic mass is 19.4. The molecule has 0 heterocycles. The normalized spacial score (nSPS) is 25.1. The number of carbonyl (C=O) groups excluding carboxylic acids is 1. The van der Waals surface area contributed by atoms with E-state index in [4.69, 9.17) is 6.42 Å². The standard InChI is InChI=1S/C12H16F3NO/c1-3-8-16(2)11(17)9-6-4-5-7-10(9)12(13,14)15/h1,9-10H,4-8H2,2H3. The molecule has 2 nitrogen and oxygen atoms in total. The van der Waals surface area contributed by atoms with Gasteiger partial charge >= 0.3 is 6.18 Å². The van der Waals surface area contributed by atoms with Crippen molar-refractivity contribution in [2.24, 2.45) is 11.8 Å². The van der Waals surface area contributed by atoms with Gasteiger partial charge in [-0.3, -0.25) is 4.79 Å². The SMILES string of the molecule is C#CCN(C)C(=O)C1CCCCC1C(F)(F)F. The van der Waals surface area contributed by atoms with Crippen molar-refractivity contribution in [1.29, 1.82) is 0 Å². The molecular formula is C12H16F3NO. The number of hydrogen-bond donors (Lipinski definition) is 0. The van der Waals surface area contributed by atoms with E-state index in [1.54, 1.807) is 0 Å².